The Bertz CT molecular complexity index is 381. The lowest BCUT2D eigenvalue weighted by atomic mass is 10.2. The van der Waals surface area contributed by atoms with Gasteiger partial charge in [0.1, 0.15) is 0 Å². The first-order valence-electron chi connectivity index (χ1n) is 4.36. The Balaban J connectivity index is 1.95. The topological polar surface area (TPSA) is 89.6 Å². The molecule has 15 heavy (non-hydrogen) atoms. The lowest BCUT2D eigenvalue weighted by Gasteiger charge is -2.05. The minimum absolute atomic E-state index is 0.226. The number of hydrogen-bond acceptors (Lipinski definition) is 4. The van der Waals surface area contributed by atoms with Crippen LogP contribution in [0.1, 0.15) is 5.56 Å². The van der Waals surface area contributed by atoms with E-state index in [1.54, 1.807) is 0 Å². The van der Waals surface area contributed by atoms with Crippen LogP contribution in [-0.2, 0) is 11.4 Å². The highest BCUT2D eigenvalue weighted by Crippen LogP contribution is 2.32. The van der Waals surface area contributed by atoms with E-state index in [1.807, 2.05) is 18.2 Å². The van der Waals surface area contributed by atoms with E-state index >= 15 is 0 Å². The molecule has 0 spiro atoms. The summed E-state index contributed by atoms with van der Waals surface area (Å²) in [6, 6.07) is 5.49. The van der Waals surface area contributed by atoms with E-state index in [9.17, 15) is 0 Å². The lowest BCUT2D eigenvalue weighted by molar-refractivity contribution is 0.0697. The minimum atomic E-state index is -0.226. The second kappa shape index (κ2) is 4.05. The second-order valence-electron chi connectivity index (χ2n) is 2.99. The highest BCUT2D eigenvalue weighted by molar-refractivity contribution is 5.72. The van der Waals surface area contributed by atoms with Crippen LogP contribution in [0.4, 0.5) is 0 Å². The van der Waals surface area contributed by atoms with Gasteiger partial charge in [0.25, 0.3) is 0 Å². The number of hydrogen-bond donors (Lipinski definition) is 3. The third-order valence-corrected chi connectivity index (χ3v) is 1.86. The van der Waals surface area contributed by atoms with Crippen LogP contribution < -0.4 is 20.7 Å². The van der Waals surface area contributed by atoms with E-state index in [-0.39, 0.29) is 12.8 Å². The fourth-order valence-corrected chi connectivity index (χ4v) is 1.23. The van der Waals surface area contributed by atoms with Gasteiger partial charge in [-0.3, -0.25) is 10.2 Å². The van der Waals surface area contributed by atoms with Crippen molar-refractivity contribution in [3.05, 3.63) is 23.8 Å². The Labute approximate surface area is 86.4 Å². The van der Waals surface area contributed by atoms with Gasteiger partial charge in [-0.05, 0) is 17.7 Å². The van der Waals surface area contributed by atoms with Crippen molar-refractivity contribution >= 4 is 5.96 Å². The first kappa shape index (κ1) is 9.60. The van der Waals surface area contributed by atoms with Gasteiger partial charge >= 0.3 is 0 Å². The molecule has 0 bridgehead atoms. The summed E-state index contributed by atoms with van der Waals surface area (Å²) in [4.78, 5) is 4.94. The third-order valence-electron chi connectivity index (χ3n) is 1.86. The largest absolute Gasteiger partial charge is 0.454 e. The van der Waals surface area contributed by atoms with Crippen molar-refractivity contribution in [3.8, 4) is 11.5 Å². The van der Waals surface area contributed by atoms with E-state index in [0.29, 0.717) is 12.4 Å². The summed E-state index contributed by atoms with van der Waals surface area (Å²) < 4.78 is 10.4. The maximum absolute atomic E-state index is 6.88. The van der Waals surface area contributed by atoms with Crippen molar-refractivity contribution in [3.63, 3.8) is 0 Å². The number of benzene rings is 1. The van der Waals surface area contributed by atoms with Gasteiger partial charge in [0.15, 0.2) is 11.5 Å². The quantitative estimate of drug-likeness (QED) is 0.379. The first-order chi connectivity index (χ1) is 7.25. The van der Waals surface area contributed by atoms with E-state index in [2.05, 4.69) is 5.48 Å². The highest BCUT2D eigenvalue weighted by atomic mass is 16.7. The molecule has 0 amide bonds. The third kappa shape index (κ3) is 2.29. The Morgan fingerprint density at radius 1 is 1.47 bits per heavy atom. The fourth-order valence-electron chi connectivity index (χ4n) is 1.23. The Hall–Kier alpha value is -1.95. The predicted octanol–water partition coefficient (Wildman–Crippen LogP) is 0.330. The number of nitrogens with two attached hydrogens (primary N) is 1. The predicted molar refractivity (Wildman–Crippen MR) is 52.4 cm³/mol. The molecule has 0 saturated carbocycles. The molecule has 0 atom stereocenters. The van der Waals surface area contributed by atoms with Gasteiger partial charge < -0.3 is 15.2 Å². The SMILES string of the molecule is N=C(N)NOCc1ccc2c(c1)OCO2. The Kier molecular flexibility index (Phi) is 2.59. The molecular formula is C9H11N3O3. The number of guanidine groups is 1. The number of fused-ring (bicyclic) bond motifs is 1. The van der Waals surface area contributed by atoms with Crippen molar-refractivity contribution in [2.24, 2.45) is 5.73 Å². The van der Waals surface area contributed by atoms with E-state index in [0.717, 1.165) is 11.3 Å². The van der Waals surface area contributed by atoms with E-state index in [1.165, 1.54) is 0 Å². The molecule has 0 unspecified atom stereocenters. The number of ether oxygens (including phenoxy) is 2. The van der Waals surface area contributed by atoms with Crippen LogP contribution in [0.2, 0.25) is 0 Å². The van der Waals surface area contributed by atoms with Gasteiger partial charge in [0.05, 0.1) is 6.61 Å². The molecule has 80 valence electrons. The number of nitrogens with one attached hydrogen (secondary N) is 2. The van der Waals surface area contributed by atoms with Gasteiger partial charge in [0, 0.05) is 0 Å². The standard InChI is InChI=1S/C9H11N3O3/c10-9(11)12-15-4-6-1-2-7-8(3-6)14-5-13-7/h1-3H,4-5H2,(H4,10,11,12). The van der Waals surface area contributed by atoms with Gasteiger partial charge in [0.2, 0.25) is 12.8 Å². The van der Waals surface area contributed by atoms with Crippen LogP contribution in [0, 0.1) is 5.41 Å². The van der Waals surface area contributed by atoms with Crippen LogP contribution in [0.5, 0.6) is 11.5 Å². The molecule has 1 aromatic carbocycles. The first-order valence-corrected chi connectivity index (χ1v) is 4.36. The molecule has 1 aromatic rings. The van der Waals surface area contributed by atoms with Crippen LogP contribution in [0.3, 0.4) is 0 Å². The summed E-state index contributed by atoms with van der Waals surface area (Å²) in [5, 5.41) is 6.88. The molecule has 0 aliphatic carbocycles. The van der Waals surface area contributed by atoms with Gasteiger partial charge in [-0.2, -0.15) is 0 Å². The van der Waals surface area contributed by atoms with Crippen molar-refractivity contribution in [1.82, 2.24) is 5.48 Å². The van der Waals surface area contributed by atoms with Gasteiger partial charge in [-0.25, -0.2) is 5.48 Å². The van der Waals surface area contributed by atoms with Crippen molar-refractivity contribution < 1.29 is 14.3 Å². The molecule has 0 aromatic heterocycles. The normalized spacial score (nSPS) is 12.5. The molecule has 1 aliphatic heterocycles. The summed E-state index contributed by atoms with van der Waals surface area (Å²) in [5.74, 6) is 1.22. The molecule has 6 nitrogen and oxygen atoms in total. The molecule has 4 N–H and O–H groups in total. The smallest absolute Gasteiger partial charge is 0.231 e. The molecule has 1 aliphatic rings. The summed E-state index contributed by atoms with van der Waals surface area (Å²) in [5.41, 5.74) is 8.21. The molecule has 0 saturated heterocycles. The van der Waals surface area contributed by atoms with E-state index in [4.69, 9.17) is 25.5 Å². The Morgan fingerprint density at radius 3 is 3.07 bits per heavy atom. The average Bonchev–Trinajstić information content (AvgIpc) is 2.64. The van der Waals surface area contributed by atoms with Crippen LogP contribution in [-0.4, -0.2) is 12.8 Å². The maximum atomic E-state index is 6.88. The zero-order chi connectivity index (χ0) is 10.7. The van der Waals surface area contributed by atoms with Gasteiger partial charge in [-0.1, -0.05) is 6.07 Å². The monoisotopic (exact) mass is 209 g/mol. The maximum Gasteiger partial charge on any atom is 0.231 e. The number of hydroxylamine groups is 1. The molecular weight excluding hydrogens is 198 g/mol. The second-order valence-corrected chi connectivity index (χ2v) is 2.99. The molecule has 2 rings (SSSR count). The van der Waals surface area contributed by atoms with Crippen LogP contribution in [0.25, 0.3) is 0 Å². The fraction of sp³-hybridized carbons (Fsp3) is 0.222. The zero-order valence-corrected chi connectivity index (χ0v) is 7.95. The molecule has 0 fully saturated rings. The summed E-state index contributed by atoms with van der Waals surface area (Å²) in [7, 11) is 0. The van der Waals surface area contributed by atoms with Crippen LogP contribution >= 0.6 is 0 Å². The lowest BCUT2D eigenvalue weighted by Crippen LogP contribution is -2.30. The average molecular weight is 209 g/mol. The Morgan fingerprint density at radius 2 is 2.27 bits per heavy atom. The van der Waals surface area contributed by atoms with Crippen LogP contribution in [0.15, 0.2) is 18.2 Å². The summed E-state index contributed by atoms with van der Waals surface area (Å²) in [6.07, 6.45) is 0. The summed E-state index contributed by atoms with van der Waals surface area (Å²) >= 11 is 0. The van der Waals surface area contributed by atoms with Crippen molar-refractivity contribution in [2.45, 2.75) is 6.61 Å². The number of rotatable bonds is 3. The zero-order valence-electron chi connectivity index (χ0n) is 7.95. The molecule has 0 radical (unpaired) electrons. The van der Waals surface area contributed by atoms with E-state index < -0.39 is 0 Å². The van der Waals surface area contributed by atoms with Crippen molar-refractivity contribution in [1.29, 1.82) is 5.41 Å². The molecule has 1 heterocycles. The van der Waals surface area contributed by atoms with Gasteiger partial charge in [-0.15, -0.1) is 0 Å². The summed E-state index contributed by atoms with van der Waals surface area (Å²) in [6.45, 7) is 0.557. The molecule has 6 heteroatoms. The highest BCUT2D eigenvalue weighted by Gasteiger charge is 2.12. The minimum Gasteiger partial charge on any atom is -0.454 e. The van der Waals surface area contributed by atoms with Crippen molar-refractivity contribution in [2.75, 3.05) is 6.79 Å².